The van der Waals surface area contributed by atoms with Crippen molar-refractivity contribution in [1.29, 1.82) is 0 Å². The maximum Gasteiger partial charge on any atom is 0.490 e. The number of hydrogen-bond acceptors (Lipinski definition) is 7. The van der Waals surface area contributed by atoms with Gasteiger partial charge in [0.05, 0.1) is 16.5 Å². The topological polar surface area (TPSA) is 96.2 Å². The lowest BCUT2D eigenvalue weighted by atomic mass is 9.64. The average Bonchev–Trinajstić information content (AvgIpc) is 4.17. The van der Waals surface area contributed by atoms with Gasteiger partial charge in [-0.05, 0) is 130 Å². The second-order valence-corrected chi connectivity index (χ2v) is 19.0. The fraction of sp³-hybridized carbons (Fsp3) is 0.0968. The Hall–Kier alpha value is -9.17. The highest BCUT2D eigenvalue weighted by molar-refractivity contribution is 5.88. The summed E-state index contributed by atoms with van der Waals surface area (Å²) in [6, 6.07) is 46.1. The van der Waals surface area contributed by atoms with E-state index in [1.807, 2.05) is 92.2 Å². The molecule has 9 nitrogen and oxygen atoms in total. The van der Waals surface area contributed by atoms with Gasteiger partial charge in [-0.1, -0.05) is 69.8 Å². The summed E-state index contributed by atoms with van der Waals surface area (Å²) in [7, 11) is 2.02. The van der Waals surface area contributed by atoms with Gasteiger partial charge in [-0.3, -0.25) is 34.9 Å². The molecule has 0 unspecified atom stereocenters. The summed E-state index contributed by atoms with van der Waals surface area (Å²) in [5.74, 6) is 0. The summed E-state index contributed by atoms with van der Waals surface area (Å²) in [5.41, 5.74) is 20.5. The van der Waals surface area contributed by atoms with Crippen LogP contribution in [0.4, 0.5) is 0 Å². The summed E-state index contributed by atoms with van der Waals surface area (Å²) < 4.78 is 4.20. The molecule has 0 bridgehead atoms. The minimum absolute atomic E-state index is 0.812. The van der Waals surface area contributed by atoms with Gasteiger partial charge in [0.15, 0.2) is 7.05 Å². The lowest BCUT2D eigenvalue weighted by molar-refractivity contribution is -0.533. The smallest absolute Gasteiger partial charge is 0.264 e. The van der Waals surface area contributed by atoms with Crippen molar-refractivity contribution in [1.82, 2.24) is 34.9 Å². The van der Waals surface area contributed by atoms with Crippen molar-refractivity contribution in [2.45, 2.75) is 30.2 Å². The van der Waals surface area contributed by atoms with Crippen LogP contribution in [0.3, 0.4) is 0 Å². The highest BCUT2D eigenvalue weighted by atomic mass is 15.2. The number of fused-ring (bicyclic) bond motifs is 9. The number of aromatic nitrogens is 7. The lowest BCUT2D eigenvalue weighted by Gasteiger charge is -2.37. The van der Waals surface area contributed by atoms with Gasteiger partial charge in [-0.25, -0.2) is 0 Å². The molecule has 4 aliphatic rings. The van der Waals surface area contributed by atoms with E-state index in [0.717, 1.165) is 100 Å². The largest absolute Gasteiger partial charge is 0.490 e. The van der Waals surface area contributed by atoms with Crippen molar-refractivity contribution >= 4 is 6.01 Å². The zero-order valence-electron chi connectivity index (χ0n) is 39.2. The number of aryl methyl sites for hydroxylation is 2. The molecule has 71 heavy (non-hydrogen) atoms. The van der Waals surface area contributed by atoms with Crippen LogP contribution in [0.1, 0.15) is 72.5 Å². The molecule has 0 spiro atoms. The molecule has 9 heteroatoms. The molecule has 0 atom stereocenters. The Kier molecular flexibility index (Phi) is 8.73. The zero-order valence-corrected chi connectivity index (χ0v) is 39.2. The van der Waals surface area contributed by atoms with Crippen LogP contribution < -0.4 is 0 Å². The Morgan fingerprint density at radius 2 is 0.817 bits per heavy atom. The van der Waals surface area contributed by atoms with E-state index in [4.69, 9.17) is 24.9 Å². The van der Waals surface area contributed by atoms with E-state index in [1.165, 1.54) is 16.7 Å². The van der Waals surface area contributed by atoms with Crippen LogP contribution in [-0.2, 0) is 16.4 Å². The second-order valence-electron chi connectivity index (χ2n) is 19.0. The van der Waals surface area contributed by atoms with E-state index >= 15 is 0 Å². The van der Waals surface area contributed by atoms with Crippen LogP contribution in [0.5, 0.6) is 0 Å². The first kappa shape index (κ1) is 40.9. The molecule has 0 saturated heterocycles. The molecule has 8 heterocycles. The van der Waals surface area contributed by atoms with Gasteiger partial charge < -0.3 is 0 Å². The Balaban J connectivity index is 1.08. The highest BCUT2D eigenvalue weighted by Gasteiger charge is 2.57. The van der Waals surface area contributed by atoms with Gasteiger partial charge in [0, 0.05) is 131 Å². The van der Waals surface area contributed by atoms with Crippen molar-refractivity contribution in [3.8, 4) is 44.5 Å². The SMILES string of the molecule is Cc1cccc(C)c1-c1ccnc(C2(c3cccc(C4(c5cccc(C6([N+]7=C=[N+](C)C=C7)c7ccncc7-c7cnccc76)c5)c5ccncc5-c5cnccc54)c3)c3ccncc3-c3cnccc32)c1. The standard InChI is InChI=1S/C62H43N9/c1-39-7-4-8-40(2)59(39)41-13-26-69-58(29-41)61(54-16-22-65-34-48(54)49-35-66-23-17-55(49)61)44-11-5-9-42(30-44)60(52-14-20-63-32-46(52)47-33-64-21-15-53(47)60)43-10-6-12-45(31-43)62(71-28-27-70(3)38-71)56-18-24-67-36-50(56)51-37-68-25-19-57(51)62/h4-37H,1-3H3/q+2. The zero-order chi connectivity index (χ0) is 47.5. The van der Waals surface area contributed by atoms with Crippen LogP contribution in [-0.4, -0.2) is 57.1 Å². The summed E-state index contributed by atoms with van der Waals surface area (Å²) in [4.78, 5) is 33.6. The summed E-state index contributed by atoms with van der Waals surface area (Å²) in [6.07, 6.45) is 29.5. The highest BCUT2D eigenvalue weighted by Crippen LogP contribution is 2.60. The summed E-state index contributed by atoms with van der Waals surface area (Å²) >= 11 is 0. The Morgan fingerprint density at radius 1 is 0.408 bits per heavy atom. The fourth-order valence-electron chi connectivity index (χ4n) is 12.9. The van der Waals surface area contributed by atoms with Crippen molar-refractivity contribution in [2.75, 3.05) is 7.05 Å². The van der Waals surface area contributed by atoms with E-state index in [-0.39, 0.29) is 0 Å². The predicted octanol–water partition coefficient (Wildman–Crippen LogP) is 11.0. The van der Waals surface area contributed by atoms with Crippen LogP contribution in [0.15, 0.2) is 208 Å². The number of nitrogens with zero attached hydrogens (tertiary/aromatic N) is 9. The van der Waals surface area contributed by atoms with Crippen molar-refractivity contribution in [2.24, 2.45) is 0 Å². The average molecular weight is 914 g/mol. The van der Waals surface area contributed by atoms with Gasteiger partial charge in [-0.15, -0.1) is 0 Å². The van der Waals surface area contributed by atoms with E-state index < -0.39 is 16.4 Å². The van der Waals surface area contributed by atoms with Gasteiger partial charge in [0.25, 0.3) is 5.54 Å². The monoisotopic (exact) mass is 913 g/mol. The predicted molar refractivity (Wildman–Crippen MR) is 273 cm³/mol. The number of rotatable bonds is 7. The van der Waals surface area contributed by atoms with Crippen LogP contribution >= 0.6 is 0 Å². The Labute approximate surface area is 410 Å². The first-order valence-electron chi connectivity index (χ1n) is 23.8. The molecule has 1 aliphatic heterocycles. The first-order valence-corrected chi connectivity index (χ1v) is 23.8. The molecule has 14 rings (SSSR count). The van der Waals surface area contributed by atoms with Crippen molar-refractivity contribution in [3.05, 3.63) is 281 Å². The maximum absolute atomic E-state index is 5.38. The van der Waals surface area contributed by atoms with Crippen LogP contribution in [0.25, 0.3) is 44.5 Å². The molecule has 0 N–H and O–H groups in total. The summed E-state index contributed by atoms with van der Waals surface area (Å²) in [6.45, 7) is 4.38. The molecule has 334 valence electrons. The molecule has 7 aromatic heterocycles. The van der Waals surface area contributed by atoms with E-state index in [0.29, 0.717) is 0 Å². The number of pyridine rings is 7. The molecular weight excluding hydrogens is 871 g/mol. The van der Waals surface area contributed by atoms with Gasteiger partial charge >= 0.3 is 6.01 Å². The molecule has 3 aliphatic carbocycles. The van der Waals surface area contributed by atoms with Gasteiger partial charge in [-0.2, -0.15) is 0 Å². The molecule has 0 fully saturated rings. The van der Waals surface area contributed by atoms with Crippen LogP contribution in [0, 0.1) is 13.8 Å². The van der Waals surface area contributed by atoms with Gasteiger partial charge in [0.2, 0.25) is 12.4 Å². The third kappa shape index (κ3) is 5.38. The third-order valence-electron chi connectivity index (χ3n) is 15.6. The summed E-state index contributed by atoms with van der Waals surface area (Å²) in [5, 5.41) is 0. The molecule has 10 aromatic rings. The minimum atomic E-state index is -0.855. The van der Waals surface area contributed by atoms with Crippen molar-refractivity contribution in [3.63, 3.8) is 0 Å². The Morgan fingerprint density at radius 3 is 1.30 bits per heavy atom. The maximum atomic E-state index is 5.38. The normalized spacial score (nSPS) is 15.5. The van der Waals surface area contributed by atoms with E-state index in [1.54, 1.807) is 0 Å². The number of benzene rings is 3. The molecule has 0 saturated carbocycles. The quantitative estimate of drug-likeness (QED) is 0.147. The molecular formula is C62H43N9+2. The second kappa shape index (κ2) is 15.2. The molecule has 3 aromatic carbocycles. The first-order chi connectivity index (χ1) is 34.9. The molecule has 0 amide bonds. The van der Waals surface area contributed by atoms with Crippen molar-refractivity contribution < 1.29 is 9.15 Å². The minimum Gasteiger partial charge on any atom is -0.264 e. The van der Waals surface area contributed by atoms with Gasteiger partial charge in [0.1, 0.15) is 0 Å². The van der Waals surface area contributed by atoms with Crippen LogP contribution in [0.2, 0.25) is 0 Å². The Bertz CT molecular complexity index is 3860. The lowest BCUT2D eigenvalue weighted by Crippen LogP contribution is -2.38. The molecule has 0 radical (unpaired) electrons. The van der Waals surface area contributed by atoms with E-state index in [9.17, 15) is 0 Å². The third-order valence-corrected chi connectivity index (χ3v) is 15.6. The number of hydrogen-bond donors (Lipinski definition) is 0. The van der Waals surface area contributed by atoms with E-state index in [2.05, 4.69) is 162 Å². The fourth-order valence-corrected chi connectivity index (χ4v) is 12.9.